The maximum absolute atomic E-state index is 13.5. The molecule has 22 heavy (non-hydrogen) atoms. The molecule has 0 unspecified atom stereocenters. The van der Waals surface area contributed by atoms with Crippen molar-refractivity contribution in [3.05, 3.63) is 47.9 Å². The Labute approximate surface area is 126 Å². The maximum Gasteiger partial charge on any atom is 0.257 e. The highest BCUT2D eigenvalue weighted by molar-refractivity contribution is 6.04. The van der Waals surface area contributed by atoms with Crippen LogP contribution in [0.1, 0.15) is 17.3 Å². The van der Waals surface area contributed by atoms with E-state index in [1.165, 1.54) is 32.4 Å². The number of pyridine rings is 1. The van der Waals surface area contributed by atoms with Crippen LogP contribution in [0.15, 0.2) is 36.5 Å². The van der Waals surface area contributed by atoms with E-state index in [4.69, 9.17) is 4.74 Å². The first kappa shape index (κ1) is 15.4. The van der Waals surface area contributed by atoms with Crippen molar-refractivity contribution in [1.29, 1.82) is 0 Å². The van der Waals surface area contributed by atoms with Crippen LogP contribution in [0, 0.1) is 5.82 Å². The second-order valence-electron chi connectivity index (χ2n) is 4.42. The molecule has 0 saturated carbocycles. The molecule has 0 bridgehead atoms. The molecule has 2 amide bonds. The Kier molecular flexibility index (Phi) is 4.67. The zero-order chi connectivity index (χ0) is 16.1. The van der Waals surface area contributed by atoms with Gasteiger partial charge in [0.05, 0.1) is 18.4 Å². The van der Waals surface area contributed by atoms with Crippen LogP contribution >= 0.6 is 0 Å². The van der Waals surface area contributed by atoms with Crippen LogP contribution in [-0.4, -0.2) is 23.9 Å². The molecule has 2 N–H and O–H groups in total. The van der Waals surface area contributed by atoms with Gasteiger partial charge in [-0.15, -0.1) is 0 Å². The van der Waals surface area contributed by atoms with Gasteiger partial charge < -0.3 is 15.4 Å². The Bertz CT molecular complexity index is 702. The number of benzene rings is 1. The SMILES string of the molecule is COc1ccc(C(=O)Nc2ccc(F)c(NC(C)=O)c2)cn1. The average Bonchev–Trinajstić information content (AvgIpc) is 2.50. The van der Waals surface area contributed by atoms with Crippen molar-refractivity contribution in [2.75, 3.05) is 17.7 Å². The van der Waals surface area contributed by atoms with Crippen molar-refractivity contribution in [3.8, 4) is 5.88 Å². The van der Waals surface area contributed by atoms with Crippen molar-refractivity contribution < 1.29 is 18.7 Å². The minimum atomic E-state index is -0.584. The fourth-order valence-electron chi connectivity index (χ4n) is 1.73. The molecule has 7 heteroatoms. The van der Waals surface area contributed by atoms with Crippen molar-refractivity contribution in [3.63, 3.8) is 0 Å². The third kappa shape index (κ3) is 3.78. The molecule has 0 fully saturated rings. The number of halogens is 1. The van der Waals surface area contributed by atoms with E-state index in [0.29, 0.717) is 17.1 Å². The highest BCUT2D eigenvalue weighted by Crippen LogP contribution is 2.20. The topological polar surface area (TPSA) is 80.3 Å². The molecule has 0 aliphatic carbocycles. The van der Waals surface area contributed by atoms with Gasteiger partial charge in [0.15, 0.2) is 0 Å². The number of amides is 2. The molecule has 114 valence electrons. The first-order chi connectivity index (χ1) is 10.5. The number of aromatic nitrogens is 1. The third-order valence-corrected chi connectivity index (χ3v) is 2.74. The van der Waals surface area contributed by atoms with E-state index in [1.807, 2.05) is 0 Å². The predicted octanol–water partition coefficient (Wildman–Crippen LogP) is 2.44. The van der Waals surface area contributed by atoms with Gasteiger partial charge in [0.1, 0.15) is 5.82 Å². The number of hydrogen-bond donors (Lipinski definition) is 2. The zero-order valence-electron chi connectivity index (χ0n) is 12.0. The molecule has 0 saturated heterocycles. The molecular formula is C15H14FN3O3. The molecular weight excluding hydrogens is 289 g/mol. The number of rotatable bonds is 4. The summed E-state index contributed by atoms with van der Waals surface area (Å²) in [4.78, 5) is 27.0. The molecule has 0 spiro atoms. The molecule has 6 nitrogen and oxygen atoms in total. The van der Waals surface area contributed by atoms with E-state index in [2.05, 4.69) is 15.6 Å². The van der Waals surface area contributed by atoms with Gasteiger partial charge in [-0.25, -0.2) is 9.37 Å². The Morgan fingerprint density at radius 1 is 1.18 bits per heavy atom. The second-order valence-corrected chi connectivity index (χ2v) is 4.42. The van der Waals surface area contributed by atoms with Crippen molar-refractivity contribution in [2.24, 2.45) is 0 Å². The Morgan fingerprint density at radius 2 is 1.95 bits per heavy atom. The zero-order valence-corrected chi connectivity index (χ0v) is 12.0. The van der Waals surface area contributed by atoms with Gasteiger partial charge in [-0.05, 0) is 24.3 Å². The minimum Gasteiger partial charge on any atom is -0.481 e. The number of carbonyl (C=O) groups excluding carboxylic acids is 2. The molecule has 2 rings (SSSR count). The van der Waals surface area contributed by atoms with Gasteiger partial charge in [-0.3, -0.25) is 9.59 Å². The fraction of sp³-hybridized carbons (Fsp3) is 0.133. The summed E-state index contributed by atoms with van der Waals surface area (Å²) in [6.07, 6.45) is 1.37. The summed E-state index contributed by atoms with van der Waals surface area (Å²) in [5.41, 5.74) is 0.676. The van der Waals surface area contributed by atoms with Gasteiger partial charge in [-0.2, -0.15) is 0 Å². The van der Waals surface area contributed by atoms with E-state index in [-0.39, 0.29) is 5.69 Å². The average molecular weight is 303 g/mol. The van der Waals surface area contributed by atoms with Gasteiger partial charge in [-0.1, -0.05) is 0 Å². The highest BCUT2D eigenvalue weighted by atomic mass is 19.1. The lowest BCUT2D eigenvalue weighted by atomic mass is 10.2. The van der Waals surface area contributed by atoms with Gasteiger partial charge in [0.2, 0.25) is 11.8 Å². The summed E-state index contributed by atoms with van der Waals surface area (Å²) in [5, 5.41) is 4.95. The molecule has 2 aromatic rings. The van der Waals surface area contributed by atoms with Crippen LogP contribution in [0.2, 0.25) is 0 Å². The van der Waals surface area contributed by atoms with E-state index in [9.17, 15) is 14.0 Å². The summed E-state index contributed by atoms with van der Waals surface area (Å²) >= 11 is 0. The van der Waals surface area contributed by atoms with Crippen LogP contribution in [-0.2, 0) is 4.79 Å². The van der Waals surface area contributed by atoms with E-state index >= 15 is 0 Å². The molecule has 0 aliphatic rings. The maximum atomic E-state index is 13.5. The second kappa shape index (κ2) is 6.66. The molecule has 1 aromatic heterocycles. The number of anilines is 2. The first-order valence-corrected chi connectivity index (χ1v) is 6.38. The highest BCUT2D eigenvalue weighted by Gasteiger charge is 2.10. The number of ether oxygens (including phenoxy) is 1. The molecule has 0 atom stereocenters. The lowest BCUT2D eigenvalue weighted by molar-refractivity contribution is -0.114. The first-order valence-electron chi connectivity index (χ1n) is 6.38. The lowest BCUT2D eigenvalue weighted by Crippen LogP contribution is -2.13. The van der Waals surface area contributed by atoms with E-state index < -0.39 is 17.6 Å². The van der Waals surface area contributed by atoms with Crippen LogP contribution in [0.25, 0.3) is 0 Å². The summed E-state index contributed by atoms with van der Waals surface area (Å²) < 4.78 is 18.4. The minimum absolute atomic E-state index is 0.00171. The normalized spacial score (nSPS) is 9.95. The van der Waals surface area contributed by atoms with Crippen LogP contribution in [0.3, 0.4) is 0 Å². The standard InChI is InChI=1S/C15H14FN3O3/c1-9(20)18-13-7-11(4-5-12(13)16)19-15(21)10-3-6-14(22-2)17-8-10/h3-8H,1-2H3,(H,18,20)(H,19,21). The molecule has 0 radical (unpaired) electrons. The molecule has 1 heterocycles. The Morgan fingerprint density at radius 3 is 2.55 bits per heavy atom. The molecule has 0 aliphatic heterocycles. The smallest absolute Gasteiger partial charge is 0.257 e. The van der Waals surface area contributed by atoms with Crippen molar-refractivity contribution >= 4 is 23.2 Å². The monoisotopic (exact) mass is 303 g/mol. The van der Waals surface area contributed by atoms with Gasteiger partial charge >= 0.3 is 0 Å². The number of nitrogens with zero attached hydrogens (tertiary/aromatic N) is 1. The largest absolute Gasteiger partial charge is 0.481 e. The number of nitrogens with one attached hydrogen (secondary N) is 2. The van der Waals surface area contributed by atoms with Crippen LogP contribution in [0.4, 0.5) is 15.8 Å². The van der Waals surface area contributed by atoms with E-state index in [1.54, 1.807) is 12.1 Å². The molecule has 1 aromatic carbocycles. The van der Waals surface area contributed by atoms with Gasteiger partial charge in [0, 0.05) is 24.9 Å². The van der Waals surface area contributed by atoms with Crippen LogP contribution in [0.5, 0.6) is 5.88 Å². The van der Waals surface area contributed by atoms with Crippen molar-refractivity contribution in [1.82, 2.24) is 4.98 Å². The van der Waals surface area contributed by atoms with Crippen molar-refractivity contribution in [2.45, 2.75) is 6.92 Å². The van der Waals surface area contributed by atoms with Crippen LogP contribution < -0.4 is 15.4 Å². The summed E-state index contributed by atoms with van der Waals surface area (Å²) in [5.74, 6) is -0.997. The fourth-order valence-corrected chi connectivity index (χ4v) is 1.73. The lowest BCUT2D eigenvalue weighted by Gasteiger charge is -2.09. The summed E-state index contributed by atoms with van der Waals surface area (Å²) in [6.45, 7) is 1.27. The Hall–Kier alpha value is -2.96. The summed E-state index contributed by atoms with van der Waals surface area (Å²) in [7, 11) is 1.48. The predicted molar refractivity (Wildman–Crippen MR) is 79.4 cm³/mol. The Balaban J connectivity index is 2.15. The summed E-state index contributed by atoms with van der Waals surface area (Å²) in [6, 6.07) is 7.01. The third-order valence-electron chi connectivity index (χ3n) is 2.74. The van der Waals surface area contributed by atoms with E-state index in [0.717, 1.165) is 6.07 Å². The number of carbonyl (C=O) groups is 2. The number of methoxy groups -OCH3 is 1. The number of hydrogen-bond acceptors (Lipinski definition) is 4. The quantitative estimate of drug-likeness (QED) is 0.909. The van der Waals surface area contributed by atoms with Gasteiger partial charge in [0.25, 0.3) is 5.91 Å².